The molecule has 0 amide bonds. The quantitative estimate of drug-likeness (QED) is 0.598. The van der Waals surface area contributed by atoms with Crippen LogP contribution in [0.2, 0.25) is 0 Å². The van der Waals surface area contributed by atoms with Crippen LogP contribution in [0, 0.1) is 9.39 Å². The van der Waals surface area contributed by atoms with Gasteiger partial charge >= 0.3 is 0 Å². The Morgan fingerprint density at radius 3 is 2.67 bits per heavy atom. The minimum Gasteiger partial charge on any atom is -0.351 e. The van der Waals surface area contributed by atoms with Gasteiger partial charge < -0.3 is 9.88 Å². The molecule has 110 valence electrons. The first-order valence-corrected chi connectivity index (χ1v) is 9.99. The lowest BCUT2D eigenvalue weighted by Gasteiger charge is -2.17. The maximum Gasteiger partial charge on any atom is 0.147 e. The molecule has 6 heteroatoms. The Morgan fingerprint density at radius 1 is 1.19 bits per heavy atom. The van der Waals surface area contributed by atoms with E-state index in [2.05, 4.69) is 32.9 Å². The molecule has 1 aromatic heterocycles. The second-order valence-corrected chi connectivity index (χ2v) is 9.59. The van der Waals surface area contributed by atoms with Gasteiger partial charge in [-0.3, -0.25) is 4.98 Å². The molecule has 2 aromatic rings. The summed E-state index contributed by atoms with van der Waals surface area (Å²) in [6.45, 7) is 0. The predicted octanol–water partition coefficient (Wildman–Crippen LogP) is 4.35. The Bertz CT molecular complexity index is 713. The van der Waals surface area contributed by atoms with Crippen LogP contribution in [0.15, 0.2) is 36.7 Å². The van der Waals surface area contributed by atoms with E-state index < -0.39 is 7.14 Å². The zero-order valence-electron chi connectivity index (χ0n) is 11.4. The summed E-state index contributed by atoms with van der Waals surface area (Å²) in [7, 11) is -2.35. The highest BCUT2D eigenvalue weighted by Crippen LogP contribution is 2.52. The number of benzene rings is 1. The van der Waals surface area contributed by atoms with Crippen molar-refractivity contribution in [3.63, 3.8) is 0 Å². The third-order valence-electron chi connectivity index (χ3n) is 3.73. The van der Waals surface area contributed by atoms with Crippen LogP contribution in [0.1, 0.15) is 12.8 Å². The summed E-state index contributed by atoms with van der Waals surface area (Å²) < 4.78 is 27.8. The van der Waals surface area contributed by atoms with Crippen molar-refractivity contribution < 1.29 is 8.96 Å². The van der Waals surface area contributed by atoms with Crippen LogP contribution < -0.4 is 10.6 Å². The first-order chi connectivity index (χ1) is 10.1. The van der Waals surface area contributed by atoms with Gasteiger partial charge in [-0.15, -0.1) is 0 Å². The highest BCUT2D eigenvalue weighted by molar-refractivity contribution is 14.1. The number of aromatic nitrogens is 1. The molecule has 0 spiro atoms. The molecule has 1 aliphatic rings. The Morgan fingerprint density at radius 2 is 1.95 bits per heavy atom. The van der Waals surface area contributed by atoms with E-state index >= 15 is 0 Å². The van der Waals surface area contributed by atoms with Crippen molar-refractivity contribution in [3.8, 4) is 0 Å². The Balaban J connectivity index is 1.98. The van der Waals surface area contributed by atoms with E-state index in [4.69, 9.17) is 0 Å². The van der Waals surface area contributed by atoms with Gasteiger partial charge in [0.1, 0.15) is 13.0 Å². The molecule has 0 aliphatic carbocycles. The van der Waals surface area contributed by atoms with Crippen LogP contribution in [0.5, 0.6) is 0 Å². The molecule has 0 radical (unpaired) electrons. The van der Waals surface area contributed by atoms with Crippen LogP contribution in [-0.4, -0.2) is 17.3 Å². The summed E-state index contributed by atoms with van der Waals surface area (Å²) in [6, 6.07) is 6.80. The first kappa shape index (κ1) is 15.0. The molecule has 3 nitrogen and oxygen atoms in total. The second-order valence-electron chi connectivity index (χ2n) is 5.19. The largest absolute Gasteiger partial charge is 0.351 e. The number of nitrogens with one attached hydrogen (secondary N) is 1. The van der Waals surface area contributed by atoms with Gasteiger partial charge in [-0.2, -0.15) is 0 Å². The van der Waals surface area contributed by atoms with Crippen molar-refractivity contribution in [2.24, 2.45) is 0 Å². The van der Waals surface area contributed by atoms with Gasteiger partial charge in [0.25, 0.3) is 0 Å². The maximum absolute atomic E-state index is 14.0. The van der Waals surface area contributed by atoms with Gasteiger partial charge in [-0.1, -0.05) is 0 Å². The third kappa shape index (κ3) is 3.14. The van der Waals surface area contributed by atoms with Crippen molar-refractivity contribution in [1.29, 1.82) is 0 Å². The predicted molar refractivity (Wildman–Crippen MR) is 92.8 cm³/mol. The fourth-order valence-corrected chi connectivity index (χ4v) is 6.18. The molecule has 1 saturated heterocycles. The number of nitrogens with zero attached hydrogens (tertiary/aromatic N) is 1. The number of anilines is 2. The fourth-order valence-electron chi connectivity index (χ4n) is 2.66. The normalized spacial score (nSPS) is 16.9. The van der Waals surface area contributed by atoms with E-state index in [9.17, 15) is 8.96 Å². The molecule has 0 saturated carbocycles. The van der Waals surface area contributed by atoms with Gasteiger partial charge in [-0.05, 0) is 59.7 Å². The highest BCUT2D eigenvalue weighted by Gasteiger charge is 2.31. The molecule has 1 N–H and O–H groups in total. The second kappa shape index (κ2) is 6.05. The minimum absolute atomic E-state index is 0.318. The van der Waals surface area contributed by atoms with Crippen molar-refractivity contribution in [2.75, 3.05) is 17.6 Å². The summed E-state index contributed by atoms with van der Waals surface area (Å²) in [5.41, 5.74) is 1.04. The molecular formula is C15H15FIN2OP. The van der Waals surface area contributed by atoms with E-state index in [-0.39, 0.29) is 5.82 Å². The Hall–Kier alpha value is -0.940. The monoisotopic (exact) mass is 416 g/mol. The zero-order valence-corrected chi connectivity index (χ0v) is 14.4. The average Bonchev–Trinajstić information content (AvgIpc) is 2.90. The van der Waals surface area contributed by atoms with E-state index in [1.807, 2.05) is 6.07 Å². The first-order valence-electron chi connectivity index (χ1n) is 6.83. The summed E-state index contributed by atoms with van der Waals surface area (Å²) in [5, 5.41) is 3.86. The SMILES string of the molecule is O=P1(c2ccncc2Nc2ccc(I)cc2F)CCCC1. The Labute approximate surface area is 136 Å². The van der Waals surface area contributed by atoms with E-state index in [0.717, 1.165) is 34.0 Å². The van der Waals surface area contributed by atoms with Gasteiger partial charge in [0.2, 0.25) is 0 Å². The average molecular weight is 416 g/mol. The van der Waals surface area contributed by atoms with Crippen LogP contribution in [-0.2, 0) is 4.57 Å². The number of halogens is 2. The van der Waals surface area contributed by atoms with Crippen LogP contribution >= 0.6 is 29.7 Å². The molecular weight excluding hydrogens is 401 g/mol. The lowest BCUT2D eigenvalue weighted by Crippen LogP contribution is -2.13. The molecule has 0 bridgehead atoms. The van der Waals surface area contributed by atoms with Crippen LogP contribution in [0.3, 0.4) is 0 Å². The third-order valence-corrected chi connectivity index (χ3v) is 7.74. The number of rotatable bonds is 3. The van der Waals surface area contributed by atoms with Gasteiger partial charge in [-0.25, -0.2) is 4.39 Å². The van der Waals surface area contributed by atoms with Gasteiger partial charge in [0, 0.05) is 27.4 Å². The zero-order chi connectivity index (χ0) is 14.9. The van der Waals surface area contributed by atoms with Gasteiger partial charge in [0.15, 0.2) is 0 Å². The highest BCUT2D eigenvalue weighted by atomic mass is 127. The van der Waals surface area contributed by atoms with Crippen molar-refractivity contribution in [1.82, 2.24) is 4.98 Å². The minimum atomic E-state index is -2.35. The van der Waals surface area contributed by atoms with E-state index in [0.29, 0.717) is 11.4 Å². The van der Waals surface area contributed by atoms with Gasteiger partial charge in [0.05, 0.1) is 17.6 Å². The topological polar surface area (TPSA) is 42.0 Å². The number of hydrogen-bond acceptors (Lipinski definition) is 3. The fraction of sp³-hybridized carbons (Fsp3) is 0.267. The lowest BCUT2D eigenvalue weighted by atomic mass is 10.3. The van der Waals surface area contributed by atoms with E-state index in [1.165, 1.54) is 6.07 Å². The standard InChI is InChI=1S/C15H15FIN2OP/c16-12-9-11(17)3-4-13(12)19-14-10-18-6-5-15(14)21(20)7-1-2-8-21/h3-6,9-10,19H,1-2,7-8H2. The molecule has 0 atom stereocenters. The summed E-state index contributed by atoms with van der Waals surface area (Å²) in [4.78, 5) is 4.08. The molecule has 3 rings (SSSR count). The van der Waals surface area contributed by atoms with Crippen molar-refractivity contribution >= 4 is 46.4 Å². The molecule has 1 fully saturated rings. The molecule has 2 heterocycles. The molecule has 1 aliphatic heterocycles. The van der Waals surface area contributed by atoms with E-state index in [1.54, 1.807) is 24.5 Å². The molecule has 0 unspecified atom stereocenters. The summed E-state index contributed by atoms with van der Waals surface area (Å²) in [6.07, 6.45) is 6.75. The van der Waals surface area contributed by atoms with Crippen LogP contribution in [0.4, 0.5) is 15.8 Å². The number of hydrogen-bond donors (Lipinski definition) is 1. The lowest BCUT2D eigenvalue weighted by molar-refractivity contribution is 0.585. The summed E-state index contributed by atoms with van der Waals surface area (Å²) >= 11 is 2.07. The van der Waals surface area contributed by atoms with Crippen LogP contribution in [0.25, 0.3) is 0 Å². The van der Waals surface area contributed by atoms with Crippen molar-refractivity contribution in [2.45, 2.75) is 12.8 Å². The smallest absolute Gasteiger partial charge is 0.147 e. The molecule has 21 heavy (non-hydrogen) atoms. The maximum atomic E-state index is 14.0. The van der Waals surface area contributed by atoms with Crippen molar-refractivity contribution in [3.05, 3.63) is 46.0 Å². The molecule has 1 aromatic carbocycles. The summed E-state index contributed by atoms with van der Waals surface area (Å²) in [5.74, 6) is -0.318. The Kier molecular flexibility index (Phi) is 4.31. The number of pyridine rings is 1.